The third-order valence-electron chi connectivity index (χ3n) is 4.11. The Morgan fingerprint density at radius 2 is 1.92 bits per heavy atom. The van der Waals surface area contributed by atoms with E-state index in [1.165, 1.54) is 6.07 Å². The fourth-order valence-corrected chi connectivity index (χ4v) is 2.92. The maximum absolute atomic E-state index is 12.3. The van der Waals surface area contributed by atoms with E-state index in [1.54, 1.807) is 24.3 Å². The Labute approximate surface area is 155 Å². The van der Waals surface area contributed by atoms with Gasteiger partial charge in [-0.1, -0.05) is 29.8 Å². The number of esters is 1. The molecule has 0 bridgehead atoms. The third kappa shape index (κ3) is 4.40. The minimum absolute atomic E-state index is 0.100. The summed E-state index contributed by atoms with van der Waals surface area (Å²) < 4.78 is 5.39. The minimum atomic E-state index is -0.637. The largest absolute Gasteiger partial charge is 0.426 e. The second-order valence-corrected chi connectivity index (χ2v) is 6.54. The Bertz CT molecular complexity index is 868. The van der Waals surface area contributed by atoms with Crippen molar-refractivity contribution in [2.24, 2.45) is 11.7 Å². The number of hydrogen-bond acceptors (Lipinski definition) is 4. The number of benzene rings is 2. The predicted molar refractivity (Wildman–Crippen MR) is 95.9 cm³/mol. The van der Waals surface area contributed by atoms with E-state index in [2.05, 4.69) is 5.32 Å². The molecule has 0 saturated heterocycles. The van der Waals surface area contributed by atoms with E-state index < -0.39 is 11.8 Å². The van der Waals surface area contributed by atoms with Crippen molar-refractivity contribution < 1.29 is 19.1 Å². The van der Waals surface area contributed by atoms with Gasteiger partial charge in [0.05, 0.1) is 12.5 Å². The highest BCUT2D eigenvalue weighted by atomic mass is 35.5. The zero-order chi connectivity index (χ0) is 18.7. The second kappa shape index (κ2) is 7.58. The van der Waals surface area contributed by atoms with Crippen LogP contribution in [0.2, 0.25) is 5.02 Å². The molecule has 0 spiro atoms. The van der Waals surface area contributed by atoms with Gasteiger partial charge in [-0.3, -0.25) is 14.4 Å². The van der Waals surface area contributed by atoms with Gasteiger partial charge in [0.15, 0.2) is 0 Å². The lowest BCUT2D eigenvalue weighted by atomic mass is 10.1. The van der Waals surface area contributed by atoms with Crippen molar-refractivity contribution in [2.45, 2.75) is 12.3 Å². The zero-order valence-corrected chi connectivity index (χ0v) is 14.5. The van der Waals surface area contributed by atoms with Gasteiger partial charge in [-0.15, -0.1) is 0 Å². The molecule has 0 heterocycles. The topological polar surface area (TPSA) is 98.5 Å². The fraction of sp³-hybridized carbons (Fsp3) is 0.211. The highest BCUT2D eigenvalue weighted by Crippen LogP contribution is 2.48. The number of amides is 2. The summed E-state index contributed by atoms with van der Waals surface area (Å²) in [6.07, 6.45) is 0.706. The lowest BCUT2D eigenvalue weighted by molar-refractivity contribution is -0.135. The molecule has 0 aromatic heterocycles. The zero-order valence-electron chi connectivity index (χ0n) is 13.8. The molecule has 2 amide bonds. The molecule has 26 heavy (non-hydrogen) atoms. The maximum atomic E-state index is 12.3. The first-order valence-corrected chi connectivity index (χ1v) is 8.45. The summed E-state index contributed by atoms with van der Waals surface area (Å²) in [5.41, 5.74) is 6.28. The van der Waals surface area contributed by atoms with Gasteiger partial charge in [0.1, 0.15) is 5.75 Å². The van der Waals surface area contributed by atoms with E-state index in [0.717, 1.165) is 5.56 Å². The number of primary amides is 1. The van der Waals surface area contributed by atoms with Gasteiger partial charge >= 0.3 is 5.97 Å². The van der Waals surface area contributed by atoms with Gasteiger partial charge in [0.2, 0.25) is 5.91 Å². The first-order chi connectivity index (χ1) is 12.4. The number of ether oxygens (including phenoxy) is 1. The Morgan fingerprint density at radius 3 is 2.65 bits per heavy atom. The van der Waals surface area contributed by atoms with Crippen LogP contribution in [-0.4, -0.2) is 24.3 Å². The van der Waals surface area contributed by atoms with Gasteiger partial charge in [-0.25, -0.2) is 0 Å². The molecular weight excluding hydrogens is 356 g/mol. The number of rotatable bonds is 6. The molecule has 2 aromatic rings. The molecule has 1 aliphatic carbocycles. The van der Waals surface area contributed by atoms with E-state index in [4.69, 9.17) is 22.1 Å². The molecule has 3 rings (SSSR count). The monoisotopic (exact) mass is 372 g/mol. The van der Waals surface area contributed by atoms with Crippen LogP contribution in [0.4, 0.5) is 0 Å². The quantitative estimate of drug-likeness (QED) is 0.600. The SMILES string of the molecule is NC(=O)CNC(=O)c1cccc(OC(=O)C2CC2c2cccc(Cl)c2)c1. The van der Waals surface area contributed by atoms with Crippen molar-refractivity contribution in [3.05, 3.63) is 64.7 Å². The van der Waals surface area contributed by atoms with Crippen LogP contribution in [0, 0.1) is 5.92 Å². The summed E-state index contributed by atoms with van der Waals surface area (Å²) in [4.78, 5) is 35.0. The molecule has 6 nitrogen and oxygen atoms in total. The van der Waals surface area contributed by atoms with Crippen LogP contribution in [-0.2, 0) is 9.59 Å². The van der Waals surface area contributed by atoms with Crippen molar-refractivity contribution >= 4 is 29.4 Å². The Hall–Kier alpha value is -2.86. The van der Waals surface area contributed by atoms with Gasteiger partial charge in [0.25, 0.3) is 5.91 Å². The number of hydrogen-bond donors (Lipinski definition) is 2. The molecule has 134 valence electrons. The van der Waals surface area contributed by atoms with E-state index >= 15 is 0 Å². The molecule has 1 fully saturated rings. The predicted octanol–water partition coefficient (Wildman–Crippen LogP) is 2.26. The van der Waals surface area contributed by atoms with E-state index in [0.29, 0.717) is 11.4 Å². The molecular formula is C19H17ClN2O4. The number of carbonyl (C=O) groups excluding carboxylic acids is 3. The maximum Gasteiger partial charge on any atom is 0.314 e. The number of nitrogens with one attached hydrogen (secondary N) is 1. The van der Waals surface area contributed by atoms with E-state index in [-0.39, 0.29) is 35.7 Å². The number of carbonyl (C=O) groups is 3. The van der Waals surface area contributed by atoms with Gasteiger partial charge < -0.3 is 15.8 Å². The second-order valence-electron chi connectivity index (χ2n) is 6.10. The van der Waals surface area contributed by atoms with Gasteiger partial charge in [-0.05, 0) is 48.2 Å². The van der Waals surface area contributed by atoms with Crippen LogP contribution in [0.3, 0.4) is 0 Å². The number of halogens is 1. The highest BCUT2D eigenvalue weighted by molar-refractivity contribution is 6.30. The van der Waals surface area contributed by atoms with Crippen molar-refractivity contribution in [3.8, 4) is 5.75 Å². The molecule has 2 aromatic carbocycles. The van der Waals surface area contributed by atoms with Crippen molar-refractivity contribution in [3.63, 3.8) is 0 Å². The summed E-state index contributed by atoms with van der Waals surface area (Å²) in [5, 5.41) is 3.02. The molecule has 0 radical (unpaired) electrons. The summed E-state index contributed by atoms with van der Waals surface area (Å²) >= 11 is 5.98. The summed E-state index contributed by atoms with van der Waals surface area (Å²) in [6.45, 7) is -0.258. The van der Waals surface area contributed by atoms with Gasteiger partial charge in [-0.2, -0.15) is 0 Å². The Kier molecular flexibility index (Phi) is 5.23. The fourth-order valence-electron chi connectivity index (χ4n) is 2.72. The van der Waals surface area contributed by atoms with E-state index in [1.807, 2.05) is 18.2 Å². The first-order valence-electron chi connectivity index (χ1n) is 8.08. The van der Waals surface area contributed by atoms with Gasteiger partial charge in [0, 0.05) is 10.6 Å². The Morgan fingerprint density at radius 1 is 1.15 bits per heavy atom. The summed E-state index contributed by atoms with van der Waals surface area (Å²) in [5.74, 6) is -1.29. The van der Waals surface area contributed by atoms with Crippen LogP contribution < -0.4 is 15.8 Å². The molecule has 2 atom stereocenters. The van der Waals surface area contributed by atoms with Crippen LogP contribution in [0.1, 0.15) is 28.3 Å². The summed E-state index contributed by atoms with van der Waals surface area (Å²) in [7, 11) is 0. The van der Waals surface area contributed by atoms with Crippen molar-refractivity contribution in [1.82, 2.24) is 5.32 Å². The molecule has 7 heteroatoms. The van der Waals surface area contributed by atoms with Crippen molar-refractivity contribution in [1.29, 1.82) is 0 Å². The molecule has 3 N–H and O–H groups in total. The summed E-state index contributed by atoms with van der Waals surface area (Å²) in [6, 6.07) is 13.6. The number of nitrogens with two attached hydrogens (primary N) is 1. The van der Waals surface area contributed by atoms with Crippen LogP contribution in [0.15, 0.2) is 48.5 Å². The molecule has 2 unspecified atom stereocenters. The van der Waals surface area contributed by atoms with Crippen LogP contribution >= 0.6 is 11.6 Å². The van der Waals surface area contributed by atoms with Crippen LogP contribution in [0.25, 0.3) is 0 Å². The lowest BCUT2D eigenvalue weighted by Gasteiger charge is -2.07. The smallest absolute Gasteiger partial charge is 0.314 e. The molecule has 1 aliphatic rings. The van der Waals surface area contributed by atoms with E-state index in [9.17, 15) is 14.4 Å². The molecule has 1 saturated carbocycles. The standard InChI is InChI=1S/C19H17ClN2O4/c20-13-5-1-3-11(7-13)15-9-16(15)19(25)26-14-6-2-4-12(8-14)18(24)22-10-17(21)23/h1-8,15-16H,9-10H2,(H2,21,23)(H,22,24). The normalized spacial score (nSPS) is 18.0. The molecule has 0 aliphatic heterocycles. The minimum Gasteiger partial charge on any atom is -0.426 e. The Balaban J connectivity index is 1.61. The average molecular weight is 373 g/mol. The average Bonchev–Trinajstić information content (AvgIpc) is 3.41. The van der Waals surface area contributed by atoms with Crippen molar-refractivity contribution in [2.75, 3.05) is 6.54 Å². The van der Waals surface area contributed by atoms with Crippen LogP contribution in [0.5, 0.6) is 5.75 Å². The lowest BCUT2D eigenvalue weighted by Crippen LogP contribution is -2.33. The highest BCUT2D eigenvalue weighted by Gasteiger charge is 2.45. The first kappa shape index (κ1) is 17.9. The third-order valence-corrected chi connectivity index (χ3v) is 4.34.